The van der Waals surface area contributed by atoms with Crippen LogP contribution < -0.4 is 11.1 Å². The minimum atomic E-state index is -0.595. The van der Waals surface area contributed by atoms with Gasteiger partial charge in [-0.2, -0.15) is 11.8 Å². The largest absolute Gasteiger partial charge is 0.385 e. The lowest BCUT2D eigenvalue weighted by Crippen LogP contribution is -2.54. The van der Waals surface area contributed by atoms with Gasteiger partial charge in [-0.05, 0) is 32.1 Å². The van der Waals surface area contributed by atoms with Crippen molar-refractivity contribution in [2.75, 3.05) is 26.0 Å². The number of hydrogen-bond donors (Lipinski definition) is 2. The van der Waals surface area contributed by atoms with E-state index in [1.807, 2.05) is 25.6 Å². The summed E-state index contributed by atoms with van der Waals surface area (Å²) in [4.78, 5) is 11.5. The van der Waals surface area contributed by atoms with E-state index in [4.69, 9.17) is 10.5 Å². The van der Waals surface area contributed by atoms with Gasteiger partial charge in [0.1, 0.15) is 0 Å². The van der Waals surface area contributed by atoms with Gasteiger partial charge in [0.25, 0.3) is 0 Å². The van der Waals surface area contributed by atoms with Gasteiger partial charge in [0.15, 0.2) is 0 Å². The van der Waals surface area contributed by atoms with E-state index >= 15 is 0 Å². The molecule has 0 saturated heterocycles. The Kier molecular flexibility index (Phi) is 8.64. The third kappa shape index (κ3) is 6.91. The van der Waals surface area contributed by atoms with Crippen molar-refractivity contribution >= 4 is 17.7 Å². The van der Waals surface area contributed by atoms with Gasteiger partial charge in [0, 0.05) is 19.0 Å². The molecule has 0 heterocycles. The Hall–Kier alpha value is -0.260. The van der Waals surface area contributed by atoms with Crippen molar-refractivity contribution in [2.45, 2.75) is 44.4 Å². The van der Waals surface area contributed by atoms with E-state index in [0.717, 1.165) is 31.7 Å². The van der Waals surface area contributed by atoms with E-state index in [1.165, 1.54) is 0 Å². The summed E-state index contributed by atoms with van der Waals surface area (Å²) in [5.74, 6) is 0.777. The molecule has 0 fully saturated rings. The molecular formula is C12H26N2O2S. The highest BCUT2D eigenvalue weighted by molar-refractivity contribution is 7.99. The highest BCUT2D eigenvalue weighted by Gasteiger charge is 2.31. The van der Waals surface area contributed by atoms with Gasteiger partial charge in [-0.25, -0.2) is 0 Å². The second-order valence-electron chi connectivity index (χ2n) is 4.46. The number of ether oxygens (including phenoxy) is 1. The first-order valence-corrected chi connectivity index (χ1v) is 7.16. The molecule has 0 spiro atoms. The fraction of sp³-hybridized carbons (Fsp3) is 0.917. The van der Waals surface area contributed by atoms with Gasteiger partial charge >= 0.3 is 0 Å². The fourth-order valence-electron chi connectivity index (χ4n) is 1.77. The molecule has 0 aliphatic carbocycles. The topological polar surface area (TPSA) is 64.3 Å². The summed E-state index contributed by atoms with van der Waals surface area (Å²) in [6.45, 7) is 7.54. The predicted octanol–water partition coefficient (Wildman–Crippen LogP) is 1.39. The number of likely N-dealkylation sites (N-methyl/N-ethyl adjacent to an activating group) is 1. The van der Waals surface area contributed by atoms with Crippen LogP contribution in [-0.2, 0) is 9.53 Å². The van der Waals surface area contributed by atoms with Crippen LogP contribution in [0.4, 0.5) is 0 Å². The molecule has 17 heavy (non-hydrogen) atoms. The molecule has 0 saturated carbocycles. The number of hydrogen-bond acceptors (Lipinski definition) is 4. The van der Waals surface area contributed by atoms with Gasteiger partial charge in [0.2, 0.25) is 5.91 Å². The second-order valence-corrected chi connectivity index (χ2v) is 6.00. The normalized spacial score (nSPS) is 16.5. The maximum Gasteiger partial charge on any atom is 0.237 e. The van der Waals surface area contributed by atoms with Crippen LogP contribution in [-0.4, -0.2) is 42.7 Å². The van der Waals surface area contributed by atoms with Crippen LogP contribution in [0.5, 0.6) is 0 Å². The molecule has 0 rings (SSSR count). The molecule has 5 heteroatoms. The Morgan fingerprint density at radius 1 is 1.59 bits per heavy atom. The Morgan fingerprint density at radius 2 is 2.24 bits per heavy atom. The lowest BCUT2D eigenvalue weighted by molar-refractivity contribution is -0.124. The Balaban J connectivity index is 4.04. The van der Waals surface area contributed by atoms with E-state index in [0.29, 0.717) is 5.25 Å². The summed E-state index contributed by atoms with van der Waals surface area (Å²) in [6, 6.07) is 0. The number of primary amides is 1. The Morgan fingerprint density at radius 3 is 2.71 bits per heavy atom. The van der Waals surface area contributed by atoms with E-state index < -0.39 is 5.54 Å². The van der Waals surface area contributed by atoms with Gasteiger partial charge < -0.3 is 15.8 Å². The summed E-state index contributed by atoms with van der Waals surface area (Å²) in [7, 11) is 1.71. The van der Waals surface area contributed by atoms with Crippen molar-refractivity contribution in [3.63, 3.8) is 0 Å². The van der Waals surface area contributed by atoms with Crippen LogP contribution in [0.2, 0.25) is 0 Å². The quantitative estimate of drug-likeness (QED) is 0.584. The van der Waals surface area contributed by atoms with E-state index in [1.54, 1.807) is 7.11 Å². The molecule has 0 aromatic carbocycles. The standard InChI is InChI=1S/C12H26N2O2S/c1-5-14-12(3,11(13)15)9-10(2)17-8-6-7-16-4/h10,14H,5-9H2,1-4H3,(H2,13,15). The molecule has 0 bridgehead atoms. The van der Waals surface area contributed by atoms with Gasteiger partial charge in [0.05, 0.1) is 5.54 Å². The molecule has 0 aromatic heterocycles. The molecule has 0 aliphatic rings. The van der Waals surface area contributed by atoms with Crippen LogP contribution in [0, 0.1) is 0 Å². The summed E-state index contributed by atoms with van der Waals surface area (Å²) in [5.41, 5.74) is 4.86. The van der Waals surface area contributed by atoms with Crippen LogP contribution in [0.15, 0.2) is 0 Å². The van der Waals surface area contributed by atoms with Gasteiger partial charge in [-0.15, -0.1) is 0 Å². The predicted molar refractivity (Wildman–Crippen MR) is 74.3 cm³/mol. The minimum absolute atomic E-state index is 0.274. The van der Waals surface area contributed by atoms with Crippen LogP contribution in [0.1, 0.15) is 33.6 Å². The van der Waals surface area contributed by atoms with Crippen LogP contribution in [0.3, 0.4) is 0 Å². The van der Waals surface area contributed by atoms with Crippen molar-refractivity contribution in [2.24, 2.45) is 5.73 Å². The zero-order valence-electron chi connectivity index (χ0n) is 11.4. The minimum Gasteiger partial charge on any atom is -0.385 e. The third-order valence-electron chi connectivity index (χ3n) is 2.70. The van der Waals surface area contributed by atoms with Gasteiger partial charge in [-0.3, -0.25) is 4.79 Å². The maximum atomic E-state index is 11.5. The first-order valence-electron chi connectivity index (χ1n) is 6.11. The average molecular weight is 262 g/mol. The molecule has 3 N–H and O–H groups in total. The summed E-state index contributed by atoms with van der Waals surface area (Å²) in [5, 5.41) is 3.58. The number of carbonyl (C=O) groups excluding carboxylic acids is 1. The first-order chi connectivity index (χ1) is 7.96. The zero-order chi connectivity index (χ0) is 13.3. The summed E-state index contributed by atoms with van der Waals surface area (Å²) >= 11 is 1.86. The highest BCUT2D eigenvalue weighted by Crippen LogP contribution is 2.22. The molecule has 102 valence electrons. The third-order valence-corrected chi connectivity index (χ3v) is 3.96. The molecule has 4 nitrogen and oxygen atoms in total. The number of nitrogens with one attached hydrogen (secondary N) is 1. The maximum absolute atomic E-state index is 11.5. The summed E-state index contributed by atoms with van der Waals surface area (Å²) < 4.78 is 5.00. The van der Waals surface area contributed by atoms with E-state index in [9.17, 15) is 4.79 Å². The monoisotopic (exact) mass is 262 g/mol. The van der Waals surface area contributed by atoms with Gasteiger partial charge in [-0.1, -0.05) is 13.8 Å². The summed E-state index contributed by atoms with van der Waals surface area (Å²) in [6.07, 6.45) is 1.80. The van der Waals surface area contributed by atoms with Crippen molar-refractivity contribution in [1.82, 2.24) is 5.32 Å². The van der Waals surface area contributed by atoms with E-state index in [2.05, 4.69) is 12.2 Å². The van der Waals surface area contributed by atoms with Crippen molar-refractivity contribution in [3.05, 3.63) is 0 Å². The SMILES string of the molecule is CCNC(C)(CC(C)SCCCOC)C(N)=O. The number of amides is 1. The zero-order valence-corrected chi connectivity index (χ0v) is 12.2. The molecule has 0 aliphatic heterocycles. The Bertz CT molecular complexity index is 227. The number of carbonyl (C=O) groups is 1. The van der Waals surface area contributed by atoms with E-state index in [-0.39, 0.29) is 5.91 Å². The second kappa shape index (κ2) is 8.78. The highest BCUT2D eigenvalue weighted by atomic mass is 32.2. The first kappa shape index (κ1) is 16.7. The number of methoxy groups -OCH3 is 1. The molecule has 1 amide bonds. The molecule has 0 radical (unpaired) electrons. The van der Waals surface area contributed by atoms with Crippen molar-refractivity contribution in [1.29, 1.82) is 0 Å². The molecule has 2 unspecified atom stereocenters. The van der Waals surface area contributed by atoms with Crippen molar-refractivity contribution < 1.29 is 9.53 Å². The number of nitrogens with two attached hydrogens (primary N) is 1. The fourth-order valence-corrected chi connectivity index (χ4v) is 2.91. The van der Waals surface area contributed by atoms with Crippen molar-refractivity contribution in [3.8, 4) is 0 Å². The Labute approximate surface area is 109 Å². The molecule has 0 aromatic rings. The van der Waals surface area contributed by atoms with Crippen LogP contribution in [0.25, 0.3) is 0 Å². The average Bonchev–Trinajstić information content (AvgIpc) is 2.24. The lowest BCUT2D eigenvalue weighted by atomic mass is 9.95. The smallest absolute Gasteiger partial charge is 0.237 e. The lowest BCUT2D eigenvalue weighted by Gasteiger charge is -2.29. The number of rotatable bonds is 10. The molecule has 2 atom stereocenters. The molecular weight excluding hydrogens is 236 g/mol. The number of thioether (sulfide) groups is 1. The van der Waals surface area contributed by atoms with Crippen LogP contribution >= 0.6 is 11.8 Å².